The van der Waals surface area contributed by atoms with E-state index in [9.17, 15) is 9.59 Å². The SMILES string of the molecule is CCNC(C)CC(=O)NC(C)C(=O)NCC(C)C. The van der Waals surface area contributed by atoms with Gasteiger partial charge >= 0.3 is 0 Å². The maximum absolute atomic E-state index is 11.7. The smallest absolute Gasteiger partial charge is 0.242 e. The Bertz CT molecular complexity index is 267. The summed E-state index contributed by atoms with van der Waals surface area (Å²) in [6.07, 6.45) is 0.385. The Morgan fingerprint density at radius 3 is 2.22 bits per heavy atom. The van der Waals surface area contributed by atoms with Gasteiger partial charge in [-0.3, -0.25) is 9.59 Å². The van der Waals surface area contributed by atoms with Crippen LogP contribution in [0.1, 0.15) is 41.0 Å². The first kappa shape index (κ1) is 16.9. The Labute approximate surface area is 110 Å². The molecule has 2 atom stereocenters. The molecule has 0 spiro atoms. The lowest BCUT2D eigenvalue weighted by Crippen LogP contribution is -2.46. The van der Waals surface area contributed by atoms with E-state index in [0.29, 0.717) is 18.9 Å². The molecule has 0 heterocycles. The van der Waals surface area contributed by atoms with Gasteiger partial charge in [0.15, 0.2) is 0 Å². The van der Waals surface area contributed by atoms with Crippen molar-refractivity contribution in [3.63, 3.8) is 0 Å². The Morgan fingerprint density at radius 2 is 1.72 bits per heavy atom. The third-order valence-electron chi connectivity index (χ3n) is 2.50. The molecule has 0 aromatic heterocycles. The topological polar surface area (TPSA) is 70.2 Å². The van der Waals surface area contributed by atoms with E-state index in [1.54, 1.807) is 6.92 Å². The van der Waals surface area contributed by atoms with Crippen LogP contribution in [0.2, 0.25) is 0 Å². The van der Waals surface area contributed by atoms with Gasteiger partial charge in [-0.15, -0.1) is 0 Å². The lowest BCUT2D eigenvalue weighted by Gasteiger charge is -2.17. The van der Waals surface area contributed by atoms with Crippen LogP contribution in [0.5, 0.6) is 0 Å². The molecular formula is C13H27N3O2. The van der Waals surface area contributed by atoms with Gasteiger partial charge in [-0.05, 0) is 26.3 Å². The first-order valence-corrected chi connectivity index (χ1v) is 6.67. The molecule has 0 saturated carbocycles. The number of amides is 2. The number of hydrogen-bond donors (Lipinski definition) is 3. The molecule has 0 aliphatic rings. The van der Waals surface area contributed by atoms with Gasteiger partial charge in [0.05, 0.1) is 0 Å². The van der Waals surface area contributed by atoms with Crippen LogP contribution < -0.4 is 16.0 Å². The second-order valence-electron chi connectivity index (χ2n) is 5.09. The Hall–Kier alpha value is -1.10. The normalized spacial score (nSPS) is 14.1. The van der Waals surface area contributed by atoms with Crippen molar-refractivity contribution in [1.82, 2.24) is 16.0 Å². The summed E-state index contributed by atoms with van der Waals surface area (Å²) < 4.78 is 0. The second kappa shape index (κ2) is 8.91. The van der Waals surface area contributed by atoms with Crippen LogP contribution in [-0.4, -0.2) is 37.0 Å². The average Bonchev–Trinajstić information content (AvgIpc) is 2.25. The highest BCUT2D eigenvalue weighted by Gasteiger charge is 2.16. The standard InChI is InChI=1S/C13H27N3O2/c1-6-14-10(4)7-12(17)16-11(5)13(18)15-8-9(2)3/h9-11,14H,6-8H2,1-5H3,(H,15,18)(H,16,17). The zero-order chi connectivity index (χ0) is 14.1. The lowest BCUT2D eigenvalue weighted by molar-refractivity contribution is -0.128. The third-order valence-corrected chi connectivity index (χ3v) is 2.50. The Kier molecular flexibility index (Phi) is 8.37. The Balaban J connectivity index is 3.95. The number of carbonyl (C=O) groups excluding carboxylic acids is 2. The predicted octanol–water partition coefficient (Wildman–Crippen LogP) is 0.651. The minimum atomic E-state index is -0.481. The average molecular weight is 257 g/mol. The maximum atomic E-state index is 11.7. The summed E-state index contributed by atoms with van der Waals surface area (Å²) in [6, 6.07) is -0.356. The van der Waals surface area contributed by atoms with Gasteiger partial charge in [0.25, 0.3) is 0 Å². The first-order valence-electron chi connectivity index (χ1n) is 6.67. The van der Waals surface area contributed by atoms with Gasteiger partial charge < -0.3 is 16.0 Å². The van der Waals surface area contributed by atoms with Crippen molar-refractivity contribution in [3.8, 4) is 0 Å². The second-order valence-corrected chi connectivity index (χ2v) is 5.09. The summed E-state index contributed by atoms with van der Waals surface area (Å²) in [4.78, 5) is 23.3. The lowest BCUT2D eigenvalue weighted by atomic mass is 10.2. The molecule has 106 valence electrons. The summed E-state index contributed by atoms with van der Waals surface area (Å²) in [5.41, 5.74) is 0. The molecule has 18 heavy (non-hydrogen) atoms. The Morgan fingerprint density at radius 1 is 1.11 bits per heavy atom. The van der Waals surface area contributed by atoms with Crippen molar-refractivity contribution in [2.45, 2.75) is 53.1 Å². The van der Waals surface area contributed by atoms with Crippen LogP contribution >= 0.6 is 0 Å². The third kappa shape index (κ3) is 8.06. The van der Waals surface area contributed by atoms with E-state index in [-0.39, 0.29) is 17.9 Å². The fraction of sp³-hybridized carbons (Fsp3) is 0.846. The largest absolute Gasteiger partial charge is 0.354 e. The predicted molar refractivity (Wildman–Crippen MR) is 73.2 cm³/mol. The van der Waals surface area contributed by atoms with Crippen molar-refractivity contribution in [1.29, 1.82) is 0 Å². The van der Waals surface area contributed by atoms with Crippen molar-refractivity contribution < 1.29 is 9.59 Å². The molecule has 0 radical (unpaired) electrons. The summed E-state index contributed by atoms with van der Waals surface area (Å²) in [5.74, 6) is 0.175. The molecule has 0 aliphatic carbocycles. The molecule has 0 aromatic carbocycles. The molecule has 0 aromatic rings. The number of carbonyl (C=O) groups is 2. The number of rotatable bonds is 8. The van der Waals surface area contributed by atoms with Crippen LogP contribution in [0.15, 0.2) is 0 Å². The van der Waals surface area contributed by atoms with E-state index < -0.39 is 6.04 Å². The van der Waals surface area contributed by atoms with Gasteiger partial charge in [0.1, 0.15) is 6.04 Å². The van der Waals surface area contributed by atoms with Crippen molar-refractivity contribution in [2.75, 3.05) is 13.1 Å². The number of nitrogens with one attached hydrogen (secondary N) is 3. The van der Waals surface area contributed by atoms with E-state index in [0.717, 1.165) is 6.54 Å². The molecule has 2 unspecified atom stereocenters. The molecule has 0 bridgehead atoms. The van der Waals surface area contributed by atoms with Crippen LogP contribution in [0.4, 0.5) is 0 Å². The van der Waals surface area contributed by atoms with E-state index in [1.807, 2.05) is 27.7 Å². The van der Waals surface area contributed by atoms with E-state index in [4.69, 9.17) is 0 Å². The molecule has 0 aliphatic heterocycles. The molecule has 0 saturated heterocycles. The highest BCUT2D eigenvalue weighted by molar-refractivity contribution is 5.87. The summed E-state index contributed by atoms with van der Waals surface area (Å²) in [5, 5.41) is 8.66. The van der Waals surface area contributed by atoms with Crippen LogP contribution in [-0.2, 0) is 9.59 Å². The minimum Gasteiger partial charge on any atom is -0.354 e. The van der Waals surface area contributed by atoms with Gasteiger partial charge in [-0.25, -0.2) is 0 Å². The maximum Gasteiger partial charge on any atom is 0.242 e. The zero-order valence-corrected chi connectivity index (χ0v) is 12.2. The molecular weight excluding hydrogens is 230 g/mol. The highest BCUT2D eigenvalue weighted by atomic mass is 16.2. The molecule has 5 heteroatoms. The molecule has 3 N–H and O–H groups in total. The van der Waals surface area contributed by atoms with Crippen LogP contribution in [0.25, 0.3) is 0 Å². The monoisotopic (exact) mass is 257 g/mol. The zero-order valence-electron chi connectivity index (χ0n) is 12.2. The minimum absolute atomic E-state index is 0.101. The van der Waals surface area contributed by atoms with Gasteiger partial charge in [0.2, 0.25) is 11.8 Å². The summed E-state index contributed by atoms with van der Waals surface area (Å²) in [7, 11) is 0. The number of hydrogen-bond acceptors (Lipinski definition) is 3. The fourth-order valence-electron chi connectivity index (χ4n) is 1.52. The van der Waals surface area contributed by atoms with Crippen molar-refractivity contribution in [2.24, 2.45) is 5.92 Å². The molecule has 2 amide bonds. The van der Waals surface area contributed by atoms with Gasteiger partial charge in [0, 0.05) is 19.0 Å². The summed E-state index contributed by atoms with van der Waals surface area (Å²) in [6.45, 7) is 11.2. The van der Waals surface area contributed by atoms with Gasteiger partial charge in [-0.2, -0.15) is 0 Å². The molecule has 0 rings (SSSR count). The van der Waals surface area contributed by atoms with Crippen molar-refractivity contribution >= 4 is 11.8 Å². The van der Waals surface area contributed by atoms with Gasteiger partial charge in [-0.1, -0.05) is 20.8 Å². The molecule has 5 nitrogen and oxygen atoms in total. The van der Waals surface area contributed by atoms with E-state index in [1.165, 1.54) is 0 Å². The van der Waals surface area contributed by atoms with Crippen LogP contribution in [0.3, 0.4) is 0 Å². The van der Waals surface area contributed by atoms with Crippen LogP contribution in [0, 0.1) is 5.92 Å². The first-order chi connectivity index (χ1) is 8.36. The summed E-state index contributed by atoms with van der Waals surface area (Å²) >= 11 is 0. The molecule has 0 fully saturated rings. The van der Waals surface area contributed by atoms with Crippen molar-refractivity contribution in [3.05, 3.63) is 0 Å². The quantitative estimate of drug-likeness (QED) is 0.598. The fourth-order valence-corrected chi connectivity index (χ4v) is 1.52. The van der Waals surface area contributed by atoms with E-state index >= 15 is 0 Å². The van der Waals surface area contributed by atoms with E-state index in [2.05, 4.69) is 16.0 Å². The highest BCUT2D eigenvalue weighted by Crippen LogP contribution is 1.93.